The summed E-state index contributed by atoms with van der Waals surface area (Å²) < 4.78 is 0. The molecule has 27 heavy (non-hydrogen) atoms. The smallest absolute Gasteiger partial charge is 0.227 e. The summed E-state index contributed by atoms with van der Waals surface area (Å²) in [6.07, 6.45) is 4.80. The average molecular weight is 425 g/mol. The van der Waals surface area contributed by atoms with E-state index in [1.54, 1.807) is 11.3 Å². The lowest BCUT2D eigenvalue weighted by molar-refractivity contribution is -0.131. The Labute approximate surface area is 176 Å². The van der Waals surface area contributed by atoms with E-state index in [9.17, 15) is 4.79 Å². The predicted molar refractivity (Wildman–Crippen MR) is 116 cm³/mol. The normalized spacial score (nSPS) is 23.5. The number of halogens is 2. The maximum Gasteiger partial charge on any atom is 0.227 e. The molecule has 2 aliphatic heterocycles. The van der Waals surface area contributed by atoms with Gasteiger partial charge in [0, 0.05) is 33.9 Å². The van der Waals surface area contributed by atoms with Gasteiger partial charge in [-0.15, -0.1) is 23.7 Å². The predicted octanol–water partition coefficient (Wildman–Crippen LogP) is 5.50. The van der Waals surface area contributed by atoms with Crippen molar-refractivity contribution in [2.24, 2.45) is 5.92 Å². The third-order valence-corrected chi connectivity index (χ3v) is 7.24. The molecule has 0 spiro atoms. The van der Waals surface area contributed by atoms with E-state index >= 15 is 0 Å². The highest BCUT2D eigenvalue weighted by Gasteiger charge is 2.39. The van der Waals surface area contributed by atoms with Crippen LogP contribution in [0.2, 0.25) is 5.02 Å². The number of likely N-dealkylation sites (tertiary alicyclic amines) is 2. The molecule has 4 rings (SSSR count). The Morgan fingerprint density at radius 3 is 2.59 bits per heavy atom. The number of nitrogens with zero attached hydrogens (tertiary/aromatic N) is 2. The SMILES string of the molecule is CN1C(=O)C(CN2CCCCC2)CC1c1ccc(-c2ccccc2Cl)s1.Cl. The zero-order chi connectivity index (χ0) is 18.1. The van der Waals surface area contributed by atoms with E-state index in [0.717, 1.165) is 36.6 Å². The molecule has 146 valence electrons. The first kappa shape index (κ1) is 20.7. The summed E-state index contributed by atoms with van der Waals surface area (Å²) in [7, 11) is 1.96. The molecule has 0 saturated carbocycles. The molecule has 1 amide bonds. The minimum atomic E-state index is 0. The van der Waals surface area contributed by atoms with Crippen molar-refractivity contribution in [2.75, 3.05) is 26.7 Å². The highest BCUT2D eigenvalue weighted by molar-refractivity contribution is 7.15. The van der Waals surface area contributed by atoms with Gasteiger partial charge in [-0.1, -0.05) is 36.2 Å². The van der Waals surface area contributed by atoms with Crippen molar-refractivity contribution in [3.63, 3.8) is 0 Å². The number of hydrogen-bond acceptors (Lipinski definition) is 3. The van der Waals surface area contributed by atoms with E-state index in [4.69, 9.17) is 11.6 Å². The molecule has 2 aliphatic rings. The lowest BCUT2D eigenvalue weighted by Gasteiger charge is -2.28. The van der Waals surface area contributed by atoms with Gasteiger partial charge in [-0.05, 0) is 50.6 Å². The number of hydrogen-bond donors (Lipinski definition) is 0. The molecule has 6 heteroatoms. The molecule has 0 radical (unpaired) electrons. The summed E-state index contributed by atoms with van der Waals surface area (Å²) in [6, 6.07) is 12.4. The number of thiophene rings is 1. The van der Waals surface area contributed by atoms with E-state index in [2.05, 4.69) is 23.1 Å². The van der Waals surface area contributed by atoms with E-state index in [1.165, 1.54) is 29.0 Å². The van der Waals surface area contributed by atoms with Crippen molar-refractivity contribution in [3.05, 3.63) is 46.3 Å². The Balaban J connectivity index is 0.00000210. The summed E-state index contributed by atoms with van der Waals surface area (Å²) >= 11 is 8.11. The number of benzene rings is 1. The van der Waals surface area contributed by atoms with Gasteiger partial charge in [0.1, 0.15) is 0 Å². The second kappa shape index (κ2) is 8.95. The third-order valence-electron chi connectivity index (χ3n) is 5.69. The molecular formula is C21H26Cl2N2OS. The number of amides is 1. The van der Waals surface area contributed by atoms with Crippen molar-refractivity contribution in [3.8, 4) is 10.4 Å². The first-order chi connectivity index (χ1) is 12.6. The van der Waals surface area contributed by atoms with Crippen LogP contribution in [0.3, 0.4) is 0 Å². The number of rotatable bonds is 4. The van der Waals surface area contributed by atoms with E-state index in [1.807, 2.05) is 30.1 Å². The fourth-order valence-electron chi connectivity index (χ4n) is 4.22. The van der Waals surface area contributed by atoms with Crippen LogP contribution >= 0.6 is 35.3 Å². The fourth-order valence-corrected chi connectivity index (χ4v) is 5.72. The third kappa shape index (κ3) is 4.34. The van der Waals surface area contributed by atoms with Crippen LogP contribution in [0.25, 0.3) is 10.4 Å². The van der Waals surface area contributed by atoms with Gasteiger partial charge in [0.25, 0.3) is 0 Å². The van der Waals surface area contributed by atoms with Crippen molar-refractivity contribution in [2.45, 2.75) is 31.7 Å². The van der Waals surface area contributed by atoms with Crippen molar-refractivity contribution in [1.82, 2.24) is 9.80 Å². The number of carbonyl (C=O) groups is 1. The molecule has 2 unspecified atom stereocenters. The number of carbonyl (C=O) groups excluding carboxylic acids is 1. The zero-order valence-electron chi connectivity index (χ0n) is 15.6. The molecule has 0 bridgehead atoms. The van der Waals surface area contributed by atoms with E-state index < -0.39 is 0 Å². The molecule has 3 heterocycles. The Hall–Kier alpha value is -1.07. The minimum Gasteiger partial charge on any atom is -0.338 e. The van der Waals surface area contributed by atoms with Crippen LogP contribution in [-0.2, 0) is 4.79 Å². The molecule has 0 N–H and O–H groups in total. The molecule has 2 fully saturated rings. The van der Waals surface area contributed by atoms with Crippen LogP contribution in [0.1, 0.15) is 36.6 Å². The standard InChI is InChI=1S/C21H25ClN2OS.ClH/c1-23-18(13-15(21(23)25)14-24-11-5-2-6-12-24)20-10-9-19(26-20)16-7-3-4-8-17(16)22;/h3-4,7-10,15,18H,2,5-6,11-14H2,1H3;1H. The molecule has 0 aliphatic carbocycles. The monoisotopic (exact) mass is 424 g/mol. The highest BCUT2D eigenvalue weighted by atomic mass is 35.5. The first-order valence-corrected chi connectivity index (χ1v) is 10.7. The summed E-state index contributed by atoms with van der Waals surface area (Å²) in [4.78, 5) is 19.6. The van der Waals surface area contributed by atoms with Crippen LogP contribution in [0.5, 0.6) is 0 Å². The largest absolute Gasteiger partial charge is 0.338 e. The maximum atomic E-state index is 12.8. The van der Waals surface area contributed by atoms with Gasteiger partial charge in [-0.3, -0.25) is 4.79 Å². The Kier molecular flexibility index (Phi) is 6.85. The lowest BCUT2D eigenvalue weighted by Crippen LogP contribution is -2.36. The van der Waals surface area contributed by atoms with Crippen LogP contribution in [0, 0.1) is 5.92 Å². The molecule has 1 aromatic heterocycles. The van der Waals surface area contributed by atoms with Gasteiger partial charge in [-0.25, -0.2) is 0 Å². The molecule has 3 nitrogen and oxygen atoms in total. The summed E-state index contributed by atoms with van der Waals surface area (Å²) in [5, 5.41) is 0.778. The van der Waals surface area contributed by atoms with Crippen LogP contribution in [0.15, 0.2) is 36.4 Å². The molecule has 2 aromatic rings. The van der Waals surface area contributed by atoms with Crippen LogP contribution < -0.4 is 0 Å². The van der Waals surface area contributed by atoms with Gasteiger partial charge in [0.15, 0.2) is 0 Å². The van der Waals surface area contributed by atoms with Crippen LogP contribution in [0.4, 0.5) is 0 Å². The summed E-state index contributed by atoms with van der Waals surface area (Å²) in [5.41, 5.74) is 1.07. The molecular weight excluding hydrogens is 399 g/mol. The molecule has 2 atom stereocenters. The van der Waals surface area contributed by atoms with E-state index in [-0.39, 0.29) is 24.4 Å². The lowest BCUT2D eigenvalue weighted by atomic mass is 10.0. The van der Waals surface area contributed by atoms with Crippen molar-refractivity contribution < 1.29 is 4.79 Å². The Morgan fingerprint density at radius 2 is 1.85 bits per heavy atom. The van der Waals surface area contributed by atoms with E-state index in [0.29, 0.717) is 5.91 Å². The van der Waals surface area contributed by atoms with Gasteiger partial charge < -0.3 is 9.80 Å². The second-order valence-corrected chi connectivity index (χ2v) is 8.96. The Bertz CT molecular complexity index is 788. The summed E-state index contributed by atoms with van der Waals surface area (Å²) in [6.45, 7) is 3.21. The van der Waals surface area contributed by atoms with Crippen molar-refractivity contribution in [1.29, 1.82) is 0 Å². The van der Waals surface area contributed by atoms with Crippen molar-refractivity contribution >= 4 is 41.3 Å². The maximum absolute atomic E-state index is 12.8. The second-order valence-electron chi connectivity index (χ2n) is 7.44. The summed E-state index contributed by atoms with van der Waals surface area (Å²) in [5.74, 6) is 0.433. The Morgan fingerprint density at radius 1 is 1.11 bits per heavy atom. The quantitative estimate of drug-likeness (QED) is 0.646. The van der Waals surface area contributed by atoms with Gasteiger partial charge in [0.05, 0.1) is 12.0 Å². The fraction of sp³-hybridized carbons (Fsp3) is 0.476. The topological polar surface area (TPSA) is 23.6 Å². The van der Waals surface area contributed by atoms with Crippen LogP contribution in [-0.4, -0.2) is 42.4 Å². The number of piperidine rings is 1. The first-order valence-electron chi connectivity index (χ1n) is 9.47. The molecule has 2 saturated heterocycles. The average Bonchev–Trinajstić information content (AvgIpc) is 3.24. The van der Waals surface area contributed by atoms with Gasteiger partial charge in [-0.2, -0.15) is 0 Å². The molecule has 1 aromatic carbocycles. The highest BCUT2D eigenvalue weighted by Crippen LogP contribution is 2.42. The van der Waals surface area contributed by atoms with Gasteiger partial charge in [0.2, 0.25) is 5.91 Å². The zero-order valence-corrected chi connectivity index (χ0v) is 18.0. The minimum absolute atomic E-state index is 0. The van der Waals surface area contributed by atoms with Gasteiger partial charge >= 0.3 is 0 Å².